The summed E-state index contributed by atoms with van der Waals surface area (Å²) in [5.41, 5.74) is 1.91. The molecular weight excluding hydrogens is 444 g/mol. The van der Waals surface area contributed by atoms with Gasteiger partial charge in [-0.15, -0.1) is 0 Å². The van der Waals surface area contributed by atoms with Crippen molar-refractivity contribution in [3.05, 3.63) is 59.7 Å². The fourth-order valence-corrected chi connectivity index (χ4v) is 2.38. The smallest absolute Gasteiger partial charge is 0.294 e. The third-order valence-corrected chi connectivity index (χ3v) is 4.37. The van der Waals surface area contributed by atoms with Crippen molar-refractivity contribution in [2.75, 3.05) is 21.1 Å². The van der Waals surface area contributed by atoms with Crippen LogP contribution in [0, 0.1) is 36.0 Å². The molecule has 0 fully saturated rings. The van der Waals surface area contributed by atoms with Crippen LogP contribution in [-0.2, 0) is 20.2 Å². The van der Waals surface area contributed by atoms with Gasteiger partial charge in [0.15, 0.2) is 0 Å². The van der Waals surface area contributed by atoms with Crippen molar-refractivity contribution in [1.29, 1.82) is 16.0 Å². The summed E-state index contributed by atoms with van der Waals surface area (Å²) in [7, 11) is -2.04. The standard InChI is InChI=1S/2C7H8O3S.C3H9N.C2H3N.N2/c2*1-6-2-4-7(5-3-6)11(8,9)10;1-4(2)3;1-2-3;1-2/h2*2-5H,1H3,(H,8,9,10);1-3H3;1H3;. The van der Waals surface area contributed by atoms with Crippen LogP contribution in [0.3, 0.4) is 0 Å². The number of benzene rings is 2. The molecule has 2 N–H and O–H groups in total. The van der Waals surface area contributed by atoms with Gasteiger partial charge in [-0.2, -0.15) is 22.1 Å². The zero-order valence-electron chi connectivity index (χ0n) is 18.3. The van der Waals surface area contributed by atoms with Crippen molar-refractivity contribution in [3.8, 4) is 6.07 Å². The lowest BCUT2D eigenvalue weighted by atomic mass is 10.2. The van der Waals surface area contributed by atoms with E-state index < -0.39 is 20.2 Å². The Morgan fingerprint density at radius 3 is 1.00 bits per heavy atom. The molecule has 0 aliphatic heterocycles. The molecule has 2 rings (SSSR count). The second-order valence-electron chi connectivity index (χ2n) is 6.14. The molecule has 0 atom stereocenters. The van der Waals surface area contributed by atoms with Crippen LogP contribution >= 0.6 is 0 Å². The van der Waals surface area contributed by atoms with Crippen molar-refractivity contribution in [3.63, 3.8) is 0 Å². The highest BCUT2D eigenvalue weighted by atomic mass is 32.2. The monoisotopic (exact) mass is 472 g/mol. The van der Waals surface area contributed by atoms with E-state index in [1.807, 2.05) is 39.9 Å². The molecule has 0 aromatic heterocycles. The van der Waals surface area contributed by atoms with Crippen LogP contribution in [0.15, 0.2) is 58.3 Å². The van der Waals surface area contributed by atoms with E-state index in [1.165, 1.54) is 31.2 Å². The van der Waals surface area contributed by atoms with E-state index in [0.29, 0.717) is 0 Å². The fourth-order valence-electron chi connectivity index (χ4n) is 1.42. The van der Waals surface area contributed by atoms with Crippen LogP contribution in [0.2, 0.25) is 0 Å². The van der Waals surface area contributed by atoms with E-state index in [4.69, 9.17) is 25.2 Å². The lowest BCUT2D eigenvalue weighted by molar-refractivity contribution is 0.481. The summed E-state index contributed by atoms with van der Waals surface area (Å²) in [6.45, 7) is 5.11. The van der Waals surface area contributed by atoms with Gasteiger partial charge in [-0.3, -0.25) is 9.11 Å². The van der Waals surface area contributed by atoms with Gasteiger partial charge in [-0.25, -0.2) is 0 Å². The van der Waals surface area contributed by atoms with Gasteiger partial charge in [0.05, 0.1) is 15.9 Å². The zero-order chi connectivity index (χ0) is 25.3. The highest BCUT2D eigenvalue weighted by molar-refractivity contribution is 7.86. The average molecular weight is 473 g/mol. The van der Waals surface area contributed by atoms with Crippen LogP contribution in [0.25, 0.3) is 0 Å². The minimum Gasteiger partial charge on any atom is -0.312 e. The van der Waals surface area contributed by atoms with Gasteiger partial charge in [0, 0.05) is 17.7 Å². The lowest BCUT2D eigenvalue weighted by Crippen LogP contribution is -1.99. The number of hydrogen-bond acceptors (Lipinski definition) is 8. The molecule has 172 valence electrons. The molecule has 0 saturated heterocycles. The van der Waals surface area contributed by atoms with Gasteiger partial charge < -0.3 is 4.90 Å². The van der Waals surface area contributed by atoms with Gasteiger partial charge in [-0.05, 0) is 59.3 Å². The van der Waals surface area contributed by atoms with Crippen LogP contribution in [0.5, 0.6) is 0 Å². The van der Waals surface area contributed by atoms with Crippen molar-refractivity contribution in [2.45, 2.75) is 30.6 Å². The lowest BCUT2D eigenvalue weighted by Gasteiger charge is -1.95. The normalized spacial score (nSPS) is 9.61. The number of rotatable bonds is 2. The van der Waals surface area contributed by atoms with Crippen molar-refractivity contribution < 1.29 is 25.9 Å². The fraction of sp³-hybridized carbons (Fsp3) is 0.316. The summed E-state index contributed by atoms with van der Waals surface area (Å²) in [5.74, 6) is 0. The first-order chi connectivity index (χ1) is 14.1. The molecule has 31 heavy (non-hydrogen) atoms. The van der Waals surface area contributed by atoms with E-state index in [-0.39, 0.29) is 9.79 Å². The molecule has 0 radical (unpaired) electrons. The summed E-state index contributed by atoms with van der Waals surface area (Å²) < 4.78 is 59.1. The minimum atomic E-state index is -4.02. The summed E-state index contributed by atoms with van der Waals surface area (Å²) in [4.78, 5) is 1.87. The quantitative estimate of drug-likeness (QED) is 0.486. The average Bonchev–Trinajstić information content (AvgIpc) is 2.63. The maximum Gasteiger partial charge on any atom is 0.294 e. The van der Waals surface area contributed by atoms with Crippen LogP contribution in [0.4, 0.5) is 0 Å². The third-order valence-electron chi connectivity index (χ3n) is 2.64. The molecule has 0 aliphatic carbocycles. The maximum atomic E-state index is 10.5. The summed E-state index contributed by atoms with van der Waals surface area (Å²) in [6.07, 6.45) is 0. The molecular formula is C19H28N4O6S2. The first-order valence-electron chi connectivity index (χ1n) is 8.35. The van der Waals surface area contributed by atoms with Crippen molar-refractivity contribution in [2.24, 2.45) is 0 Å². The minimum absolute atomic E-state index is 0.0666. The Hall–Kier alpha value is -2.87. The zero-order valence-corrected chi connectivity index (χ0v) is 19.9. The second kappa shape index (κ2) is 16.9. The Balaban J connectivity index is -0.000000369. The van der Waals surface area contributed by atoms with Gasteiger partial charge in [0.2, 0.25) is 0 Å². The van der Waals surface area contributed by atoms with Crippen LogP contribution in [0.1, 0.15) is 18.1 Å². The molecule has 0 aliphatic rings. The summed E-state index contributed by atoms with van der Waals surface area (Å²) in [5, 5.41) is 19.3. The third kappa shape index (κ3) is 20.2. The first-order valence-corrected chi connectivity index (χ1v) is 11.2. The SMILES string of the molecule is CC#N.CN(C)C.Cc1ccc(S(=O)(=O)O)cc1.Cc1ccc(S(=O)(=O)O)cc1.N#N. The molecule has 0 amide bonds. The number of nitriles is 1. The molecule has 0 bridgehead atoms. The van der Waals surface area contributed by atoms with Gasteiger partial charge >= 0.3 is 0 Å². The Labute approximate surface area is 184 Å². The highest BCUT2D eigenvalue weighted by Gasteiger charge is 2.07. The molecule has 12 heteroatoms. The number of hydrogen-bond donors (Lipinski definition) is 2. The topological polar surface area (TPSA) is 183 Å². The number of nitrogens with zero attached hydrogens (tertiary/aromatic N) is 4. The van der Waals surface area contributed by atoms with Crippen molar-refractivity contribution in [1.82, 2.24) is 4.90 Å². The van der Waals surface area contributed by atoms with E-state index >= 15 is 0 Å². The Morgan fingerprint density at radius 2 is 0.871 bits per heavy atom. The second-order valence-corrected chi connectivity index (χ2v) is 8.98. The molecule has 0 spiro atoms. The van der Waals surface area contributed by atoms with Crippen molar-refractivity contribution >= 4 is 20.2 Å². The molecule has 0 unspecified atom stereocenters. The molecule has 10 nitrogen and oxygen atoms in total. The largest absolute Gasteiger partial charge is 0.312 e. The van der Waals surface area contributed by atoms with Gasteiger partial charge in [0.25, 0.3) is 20.2 Å². The Bertz CT molecular complexity index is 934. The summed E-state index contributed by atoms with van der Waals surface area (Å²) in [6, 6.07) is 13.7. The van der Waals surface area contributed by atoms with Gasteiger partial charge in [0.1, 0.15) is 0 Å². The maximum absolute atomic E-state index is 10.5. The predicted octanol–water partition coefficient (Wildman–Crippen LogP) is 3.22. The molecule has 2 aromatic rings. The Kier molecular flexibility index (Phi) is 17.8. The molecule has 2 aromatic carbocycles. The molecule has 0 saturated carbocycles. The highest BCUT2D eigenvalue weighted by Crippen LogP contribution is 2.09. The van der Waals surface area contributed by atoms with E-state index in [0.717, 1.165) is 11.1 Å². The summed E-state index contributed by atoms with van der Waals surface area (Å²) >= 11 is 0. The van der Waals surface area contributed by atoms with E-state index in [2.05, 4.69) is 0 Å². The Morgan fingerprint density at radius 1 is 0.710 bits per heavy atom. The van der Waals surface area contributed by atoms with Crippen LogP contribution < -0.4 is 0 Å². The molecule has 0 heterocycles. The first kappa shape index (κ1) is 32.8. The van der Waals surface area contributed by atoms with E-state index in [9.17, 15) is 16.8 Å². The predicted molar refractivity (Wildman–Crippen MR) is 116 cm³/mol. The van der Waals surface area contributed by atoms with Gasteiger partial charge in [-0.1, -0.05) is 35.4 Å². The van der Waals surface area contributed by atoms with E-state index in [1.54, 1.807) is 30.3 Å². The van der Waals surface area contributed by atoms with Crippen LogP contribution in [-0.4, -0.2) is 52.0 Å². The number of aryl methyl sites for hydroxylation is 2.